The minimum absolute atomic E-state index is 0.612. The summed E-state index contributed by atoms with van der Waals surface area (Å²) in [4.78, 5) is 0. The van der Waals surface area contributed by atoms with Crippen molar-refractivity contribution in [1.29, 1.82) is 0 Å². The monoisotopic (exact) mass is 305 g/mol. The number of ether oxygens (including phenoxy) is 2. The van der Waals surface area contributed by atoms with E-state index in [-0.39, 0.29) is 0 Å². The number of anilines is 1. The zero-order valence-corrected chi connectivity index (χ0v) is 13.3. The van der Waals surface area contributed by atoms with Crippen LogP contribution < -0.4 is 14.8 Å². The van der Waals surface area contributed by atoms with Gasteiger partial charge in [0.2, 0.25) is 0 Å². The second-order valence-electron chi connectivity index (χ2n) is 4.69. The molecule has 2 aromatic rings. The predicted octanol–water partition coefficient (Wildman–Crippen LogP) is 4.67. The van der Waals surface area contributed by atoms with Gasteiger partial charge >= 0.3 is 0 Å². The Balaban J connectivity index is 2.19. The molecule has 0 aliphatic rings. The molecule has 0 aromatic heterocycles. The molecule has 112 valence electrons. The van der Waals surface area contributed by atoms with E-state index in [4.69, 9.17) is 21.1 Å². The standard InChI is InChI=1S/C17H20ClNO2/c1-4-21-16-7-5-6-13(17(16)20-3)11-19-15-10-14(18)9-8-12(15)2/h5-10,19H,4,11H2,1-3H3. The maximum atomic E-state index is 6.04. The molecule has 4 heteroatoms. The van der Waals surface area contributed by atoms with Crippen LogP contribution in [0.25, 0.3) is 0 Å². The molecule has 0 radical (unpaired) electrons. The number of aryl methyl sites for hydroxylation is 1. The summed E-state index contributed by atoms with van der Waals surface area (Å²) in [5.74, 6) is 1.54. The molecule has 0 aliphatic heterocycles. The van der Waals surface area contributed by atoms with Crippen molar-refractivity contribution in [2.45, 2.75) is 20.4 Å². The van der Waals surface area contributed by atoms with Crippen molar-refractivity contribution < 1.29 is 9.47 Å². The van der Waals surface area contributed by atoms with Gasteiger partial charge in [0.1, 0.15) is 0 Å². The Hall–Kier alpha value is -1.87. The van der Waals surface area contributed by atoms with Gasteiger partial charge in [-0.1, -0.05) is 29.8 Å². The molecule has 21 heavy (non-hydrogen) atoms. The summed E-state index contributed by atoms with van der Waals surface area (Å²) in [6.45, 7) is 5.26. The van der Waals surface area contributed by atoms with Crippen LogP contribution in [0.4, 0.5) is 5.69 Å². The minimum Gasteiger partial charge on any atom is -0.493 e. The molecular formula is C17H20ClNO2. The first-order valence-corrected chi connectivity index (χ1v) is 7.32. The lowest BCUT2D eigenvalue weighted by atomic mass is 10.1. The maximum absolute atomic E-state index is 6.04. The fourth-order valence-corrected chi connectivity index (χ4v) is 2.35. The zero-order chi connectivity index (χ0) is 15.2. The Kier molecular flexibility index (Phi) is 5.34. The number of halogens is 1. The van der Waals surface area contributed by atoms with Gasteiger partial charge in [-0.25, -0.2) is 0 Å². The van der Waals surface area contributed by atoms with E-state index in [2.05, 4.69) is 5.32 Å². The van der Waals surface area contributed by atoms with Crippen LogP contribution in [0.15, 0.2) is 36.4 Å². The number of hydrogen-bond acceptors (Lipinski definition) is 3. The van der Waals surface area contributed by atoms with Crippen molar-refractivity contribution in [1.82, 2.24) is 0 Å². The molecule has 0 amide bonds. The highest BCUT2D eigenvalue weighted by Crippen LogP contribution is 2.32. The quantitative estimate of drug-likeness (QED) is 0.841. The van der Waals surface area contributed by atoms with Gasteiger partial charge in [0.05, 0.1) is 13.7 Å². The fraction of sp³-hybridized carbons (Fsp3) is 0.294. The smallest absolute Gasteiger partial charge is 0.165 e. The van der Waals surface area contributed by atoms with Gasteiger partial charge in [-0.2, -0.15) is 0 Å². The molecule has 0 spiro atoms. The van der Waals surface area contributed by atoms with Gasteiger partial charge in [0.25, 0.3) is 0 Å². The van der Waals surface area contributed by atoms with Crippen molar-refractivity contribution in [3.8, 4) is 11.5 Å². The zero-order valence-electron chi connectivity index (χ0n) is 12.6. The van der Waals surface area contributed by atoms with E-state index < -0.39 is 0 Å². The molecule has 2 rings (SSSR count). The lowest BCUT2D eigenvalue weighted by Crippen LogP contribution is -2.04. The van der Waals surface area contributed by atoms with Gasteiger partial charge in [-0.15, -0.1) is 0 Å². The Morgan fingerprint density at radius 1 is 1.19 bits per heavy atom. The molecule has 0 heterocycles. The molecule has 2 aromatic carbocycles. The average Bonchev–Trinajstić information content (AvgIpc) is 2.48. The van der Waals surface area contributed by atoms with E-state index in [1.807, 2.05) is 50.2 Å². The largest absolute Gasteiger partial charge is 0.493 e. The molecule has 0 atom stereocenters. The number of methoxy groups -OCH3 is 1. The lowest BCUT2D eigenvalue weighted by molar-refractivity contribution is 0.309. The van der Waals surface area contributed by atoms with Crippen LogP contribution in [0.3, 0.4) is 0 Å². The third-order valence-electron chi connectivity index (χ3n) is 3.23. The van der Waals surface area contributed by atoms with Crippen LogP contribution in [-0.4, -0.2) is 13.7 Å². The van der Waals surface area contributed by atoms with E-state index in [9.17, 15) is 0 Å². The van der Waals surface area contributed by atoms with E-state index >= 15 is 0 Å². The molecular weight excluding hydrogens is 286 g/mol. The van der Waals surface area contributed by atoms with E-state index in [1.165, 1.54) is 0 Å². The fourth-order valence-electron chi connectivity index (χ4n) is 2.18. The number of hydrogen-bond donors (Lipinski definition) is 1. The Morgan fingerprint density at radius 2 is 2.00 bits per heavy atom. The van der Waals surface area contributed by atoms with E-state index in [0.29, 0.717) is 13.2 Å². The normalized spacial score (nSPS) is 10.3. The third kappa shape index (κ3) is 3.82. The van der Waals surface area contributed by atoms with Crippen molar-refractivity contribution in [3.05, 3.63) is 52.5 Å². The molecule has 0 saturated heterocycles. The number of benzene rings is 2. The summed E-state index contributed by atoms with van der Waals surface area (Å²) >= 11 is 6.04. The molecule has 1 N–H and O–H groups in total. The summed E-state index contributed by atoms with van der Waals surface area (Å²) < 4.78 is 11.1. The molecule has 0 fully saturated rings. The highest BCUT2D eigenvalue weighted by molar-refractivity contribution is 6.30. The second-order valence-corrected chi connectivity index (χ2v) is 5.13. The van der Waals surface area contributed by atoms with Crippen molar-refractivity contribution >= 4 is 17.3 Å². The summed E-state index contributed by atoms with van der Waals surface area (Å²) in [5, 5.41) is 4.11. The first-order valence-electron chi connectivity index (χ1n) is 6.94. The average molecular weight is 306 g/mol. The van der Waals surface area contributed by atoms with Crippen molar-refractivity contribution in [2.75, 3.05) is 19.0 Å². The molecule has 0 saturated carbocycles. The van der Waals surface area contributed by atoms with Crippen molar-refractivity contribution in [3.63, 3.8) is 0 Å². The van der Waals surface area contributed by atoms with Crippen LogP contribution in [0, 0.1) is 6.92 Å². The van der Waals surface area contributed by atoms with Crippen LogP contribution in [0.2, 0.25) is 5.02 Å². The topological polar surface area (TPSA) is 30.5 Å². The molecule has 0 aliphatic carbocycles. The van der Waals surface area contributed by atoms with E-state index in [0.717, 1.165) is 33.3 Å². The molecule has 0 unspecified atom stereocenters. The van der Waals surface area contributed by atoms with Crippen LogP contribution in [0.1, 0.15) is 18.1 Å². The van der Waals surface area contributed by atoms with Crippen LogP contribution in [0.5, 0.6) is 11.5 Å². The maximum Gasteiger partial charge on any atom is 0.165 e. The number of nitrogens with one attached hydrogen (secondary N) is 1. The summed E-state index contributed by atoms with van der Waals surface area (Å²) in [7, 11) is 1.66. The summed E-state index contributed by atoms with van der Waals surface area (Å²) in [6, 6.07) is 11.7. The molecule has 0 bridgehead atoms. The highest BCUT2D eigenvalue weighted by Gasteiger charge is 2.10. The third-order valence-corrected chi connectivity index (χ3v) is 3.47. The predicted molar refractivity (Wildman–Crippen MR) is 87.7 cm³/mol. The van der Waals surface area contributed by atoms with Crippen LogP contribution >= 0.6 is 11.6 Å². The minimum atomic E-state index is 0.612. The SMILES string of the molecule is CCOc1cccc(CNc2cc(Cl)ccc2C)c1OC. The van der Waals surface area contributed by atoms with Crippen molar-refractivity contribution in [2.24, 2.45) is 0 Å². The number of rotatable bonds is 6. The van der Waals surface area contributed by atoms with Gasteiger partial charge in [0.15, 0.2) is 11.5 Å². The number of para-hydroxylation sites is 1. The Morgan fingerprint density at radius 3 is 2.71 bits per heavy atom. The van der Waals surface area contributed by atoms with Gasteiger partial charge in [-0.05, 0) is 37.6 Å². The van der Waals surface area contributed by atoms with Gasteiger partial charge in [0, 0.05) is 22.8 Å². The highest BCUT2D eigenvalue weighted by atomic mass is 35.5. The van der Waals surface area contributed by atoms with Gasteiger partial charge < -0.3 is 14.8 Å². The first kappa shape index (κ1) is 15.5. The summed E-state index contributed by atoms with van der Waals surface area (Å²) in [5.41, 5.74) is 3.22. The first-order chi connectivity index (χ1) is 10.2. The Bertz CT molecular complexity index is 614. The lowest BCUT2D eigenvalue weighted by Gasteiger charge is -2.15. The van der Waals surface area contributed by atoms with Gasteiger partial charge in [-0.3, -0.25) is 0 Å². The summed E-state index contributed by atoms with van der Waals surface area (Å²) in [6.07, 6.45) is 0. The second kappa shape index (κ2) is 7.23. The van der Waals surface area contributed by atoms with E-state index in [1.54, 1.807) is 7.11 Å². The van der Waals surface area contributed by atoms with Crippen LogP contribution in [-0.2, 0) is 6.54 Å². The Labute approximate surface area is 130 Å². The molecule has 3 nitrogen and oxygen atoms in total.